The van der Waals surface area contributed by atoms with Crippen molar-refractivity contribution in [2.24, 2.45) is 5.92 Å². The molecule has 0 aromatic heterocycles. The van der Waals surface area contributed by atoms with Gasteiger partial charge in [0.25, 0.3) is 0 Å². The highest BCUT2D eigenvalue weighted by Gasteiger charge is 2.05. The molecule has 0 heterocycles. The molecule has 0 saturated heterocycles. The maximum absolute atomic E-state index is 8.91. The van der Waals surface area contributed by atoms with Crippen molar-refractivity contribution in [2.45, 2.75) is 46.3 Å². The molecular weight excluding hydrogens is 140 g/mol. The predicted octanol–water partition coefficient (Wildman–Crippen LogP) is 1.82. The molecule has 0 rings (SSSR count). The summed E-state index contributed by atoms with van der Waals surface area (Å²) in [6, 6.07) is 0. The quantitative estimate of drug-likeness (QED) is 0.664. The summed E-state index contributed by atoms with van der Waals surface area (Å²) in [6.45, 7) is 8.57. The Kier molecular flexibility index (Phi) is 5.51. The van der Waals surface area contributed by atoms with E-state index in [-0.39, 0.29) is 12.2 Å². The number of aliphatic hydroxyl groups is 1. The first-order valence-corrected chi connectivity index (χ1v) is 4.32. The molecule has 2 nitrogen and oxygen atoms in total. The molecule has 0 bridgehead atoms. The summed E-state index contributed by atoms with van der Waals surface area (Å²) in [5.74, 6) is 0.666. The van der Waals surface area contributed by atoms with Gasteiger partial charge in [-0.15, -0.1) is 0 Å². The first-order chi connectivity index (χ1) is 5.02. The normalized spacial score (nSPS) is 16.9. The summed E-state index contributed by atoms with van der Waals surface area (Å²) in [6.07, 6.45) is 0.987. The zero-order chi connectivity index (χ0) is 8.85. The number of hydrogen-bond acceptors (Lipinski definition) is 2. The average Bonchev–Trinajstić information content (AvgIpc) is 1.82. The smallest absolute Gasteiger partial charge is 0.0745 e. The zero-order valence-electron chi connectivity index (χ0n) is 8.00. The summed E-state index contributed by atoms with van der Waals surface area (Å²) in [5.41, 5.74) is 0. The molecule has 1 N–H and O–H groups in total. The van der Waals surface area contributed by atoms with Crippen LogP contribution in [0.25, 0.3) is 0 Å². The Morgan fingerprint density at radius 1 is 1.18 bits per heavy atom. The van der Waals surface area contributed by atoms with Gasteiger partial charge in [-0.2, -0.15) is 0 Å². The minimum atomic E-state index is -0.343. The van der Waals surface area contributed by atoms with Crippen LogP contribution in [0.4, 0.5) is 0 Å². The third-order valence-electron chi connectivity index (χ3n) is 1.43. The molecule has 0 radical (unpaired) electrons. The van der Waals surface area contributed by atoms with Gasteiger partial charge in [-0.05, 0) is 26.2 Å². The fourth-order valence-corrected chi connectivity index (χ4v) is 1.04. The second kappa shape index (κ2) is 5.56. The van der Waals surface area contributed by atoms with Gasteiger partial charge in [0.1, 0.15) is 0 Å². The monoisotopic (exact) mass is 160 g/mol. The number of ether oxygens (including phenoxy) is 1. The maximum Gasteiger partial charge on any atom is 0.0745 e. The Balaban J connectivity index is 3.29. The summed E-state index contributed by atoms with van der Waals surface area (Å²) >= 11 is 0. The van der Waals surface area contributed by atoms with Gasteiger partial charge in [0, 0.05) is 0 Å². The van der Waals surface area contributed by atoms with Gasteiger partial charge in [0.2, 0.25) is 0 Å². The molecule has 0 aromatic carbocycles. The fourth-order valence-electron chi connectivity index (χ4n) is 1.04. The molecule has 11 heavy (non-hydrogen) atoms. The van der Waals surface area contributed by atoms with E-state index in [2.05, 4.69) is 13.8 Å². The van der Waals surface area contributed by atoms with Crippen molar-refractivity contribution in [3.05, 3.63) is 0 Å². The molecule has 0 aromatic rings. The second-order valence-corrected chi connectivity index (χ2v) is 3.62. The number of rotatable bonds is 5. The molecular formula is C9H20O2. The van der Waals surface area contributed by atoms with Crippen LogP contribution in [0.15, 0.2) is 0 Å². The zero-order valence-corrected chi connectivity index (χ0v) is 8.00. The molecule has 0 saturated carbocycles. The van der Waals surface area contributed by atoms with E-state index in [9.17, 15) is 0 Å². The second-order valence-electron chi connectivity index (χ2n) is 3.62. The van der Waals surface area contributed by atoms with Gasteiger partial charge in [0.05, 0.1) is 18.8 Å². The third kappa shape index (κ3) is 7.82. The van der Waals surface area contributed by atoms with E-state index in [4.69, 9.17) is 9.84 Å². The van der Waals surface area contributed by atoms with E-state index in [1.54, 1.807) is 6.92 Å². The van der Waals surface area contributed by atoms with Crippen molar-refractivity contribution >= 4 is 0 Å². The standard InChI is InChI=1S/C9H20O2/c1-7(2)5-9(4)11-6-8(3)10/h7-10H,5-6H2,1-4H3/t8-,9+/m0/s1. The lowest BCUT2D eigenvalue weighted by Crippen LogP contribution is -2.18. The van der Waals surface area contributed by atoms with E-state index >= 15 is 0 Å². The summed E-state index contributed by atoms with van der Waals surface area (Å²) in [5, 5.41) is 8.91. The lowest BCUT2D eigenvalue weighted by Gasteiger charge is -2.15. The minimum absolute atomic E-state index is 0.268. The van der Waals surface area contributed by atoms with E-state index in [1.165, 1.54) is 0 Å². The van der Waals surface area contributed by atoms with Crippen LogP contribution in [0.2, 0.25) is 0 Å². The topological polar surface area (TPSA) is 29.5 Å². The van der Waals surface area contributed by atoms with Crippen LogP contribution < -0.4 is 0 Å². The van der Waals surface area contributed by atoms with E-state index < -0.39 is 0 Å². The Labute approximate surface area is 69.6 Å². The van der Waals surface area contributed by atoms with E-state index in [1.807, 2.05) is 6.92 Å². The maximum atomic E-state index is 8.91. The lowest BCUT2D eigenvalue weighted by atomic mass is 10.1. The van der Waals surface area contributed by atoms with Crippen LogP contribution in [-0.4, -0.2) is 23.9 Å². The number of aliphatic hydroxyl groups excluding tert-OH is 1. The van der Waals surface area contributed by atoms with Crippen LogP contribution in [-0.2, 0) is 4.74 Å². The summed E-state index contributed by atoms with van der Waals surface area (Å²) in [7, 11) is 0. The van der Waals surface area contributed by atoms with Gasteiger partial charge in [-0.3, -0.25) is 0 Å². The molecule has 0 aliphatic rings. The SMILES string of the molecule is CC(C)C[C@@H](C)OC[C@H](C)O. The molecule has 0 spiro atoms. The molecule has 0 fully saturated rings. The van der Waals surface area contributed by atoms with Crippen molar-refractivity contribution in [1.82, 2.24) is 0 Å². The molecule has 0 aliphatic carbocycles. The van der Waals surface area contributed by atoms with E-state index in [0.717, 1.165) is 6.42 Å². The van der Waals surface area contributed by atoms with Crippen molar-refractivity contribution in [3.63, 3.8) is 0 Å². The fraction of sp³-hybridized carbons (Fsp3) is 1.00. The van der Waals surface area contributed by atoms with Crippen LogP contribution >= 0.6 is 0 Å². The third-order valence-corrected chi connectivity index (χ3v) is 1.43. The van der Waals surface area contributed by atoms with Crippen molar-refractivity contribution in [3.8, 4) is 0 Å². The first-order valence-electron chi connectivity index (χ1n) is 4.32. The van der Waals surface area contributed by atoms with Gasteiger partial charge >= 0.3 is 0 Å². The highest BCUT2D eigenvalue weighted by molar-refractivity contribution is 4.54. The van der Waals surface area contributed by atoms with Crippen LogP contribution in [0.5, 0.6) is 0 Å². The van der Waals surface area contributed by atoms with Gasteiger partial charge in [-0.25, -0.2) is 0 Å². The van der Waals surface area contributed by atoms with Crippen molar-refractivity contribution in [2.75, 3.05) is 6.61 Å². The minimum Gasteiger partial charge on any atom is -0.391 e. The van der Waals surface area contributed by atoms with Crippen molar-refractivity contribution in [1.29, 1.82) is 0 Å². The van der Waals surface area contributed by atoms with Crippen LogP contribution in [0.3, 0.4) is 0 Å². The van der Waals surface area contributed by atoms with Gasteiger partial charge in [0.15, 0.2) is 0 Å². The van der Waals surface area contributed by atoms with Gasteiger partial charge in [-0.1, -0.05) is 13.8 Å². The largest absolute Gasteiger partial charge is 0.391 e. The average molecular weight is 160 g/mol. The van der Waals surface area contributed by atoms with E-state index in [0.29, 0.717) is 12.5 Å². The Bertz CT molecular complexity index is 89.6. The van der Waals surface area contributed by atoms with Crippen LogP contribution in [0.1, 0.15) is 34.1 Å². The summed E-state index contributed by atoms with van der Waals surface area (Å²) < 4.78 is 5.36. The molecule has 0 unspecified atom stereocenters. The molecule has 0 amide bonds. The Hall–Kier alpha value is -0.0800. The highest BCUT2D eigenvalue weighted by Crippen LogP contribution is 2.07. The molecule has 2 atom stereocenters. The molecule has 68 valence electrons. The summed E-state index contributed by atoms with van der Waals surface area (Å²) in [4.78, 5) is 0. The molecule has 0 aliphatic heterocycles. The van der Waals surface area contributed by atoms with Crippen LogP contribution in [0, 0.1) is 5.92 Å². The van der Waals surface area contributed by atoms with Gasteiger partial charge < -0.3 is 9.84 Å². The Morgan fingerprint density at radius 2 is 1.73 bits per heavy atom. The lowest BCUT2D eigenvalue weighted by molar-refractivity contribution is -0.00257. The van der Waals surface area contributed by atoms with Crippen molar-refractivity contribution < 1.29 is 9.84 Å². The Morgan fingerprint density at radius 3 is 2.09 bits per heavy atom. The predicted molar refractivity (Wildman–Crippen MR) is 46.5 cm³/mol. The number of hydrogen-bond donors (Lipinski definition) is 1. The molecule has 2 heteroatoms. The highest BCUT2D eigenvalue weighted by atomic mass is 16.5. The first kappa shape index (κ1) is 10.9.